The number of rotatable bonds is 5. The topological polar surface area (TPSA) is 66.8 Å². The molecule has 0 aliphatic carbocycles. The van der Waals surface area contributed by atoms with E-state index in [9.17, 15) is 15.0 Å². The van der Waals surface area contributed by atoms with Crippen molar-refractivity contribution < 1.29 is 19.7 Å². The molecule has 1 rings (SSSR count). The zero-order valence-electron chi connectivity index (χ0n) is 11.1. The Hall–Kier alpha value is -1.33. The lowest BCUT2D eigenvalue weighted by Gasteiger charge is -2.37. The first-order valence-electron chi connectivity index (χ1n) is 5.69. The van der Waals surface area contributed by atoms with E-state index in [-0.39, 0.29) is 11.3 Å². The number of phenols is 1. The van der Waals surface area contributed by atoms with Crippen LogP contribution in [0.25, 0.3) is 0 Å². The first kappa shape index (κ1) is 14.7. The summed E-state index contributed by atoms with van der Waals surface area (Å²) in [5.41, 5.74) is -0.930. The van der Waals surface area contributed by atoms with Gasteiger partial charge in [-0.05, 0) is 33.8 Å². The molecule has 97 valence electrons. The highest BCUT2D eigenvalue weighted by Gasteiger charge is 2.35. The van der Waals surface area contributed by atoms with E-state index in [2.05, 4.69) is 0 Å². The van der Waals surface area contributed by atoms with Gasteiger partial charge in [0.1, 0.15) is 5.75 Å². The zero-order valence-corrected chi connectivity index (χ0v) is 11.1. The highest BCUT2D eigenvalue weighted by atomic mass is 16.5. The van der Waals surface area contributed by atoms with Gasteiger partial charge in [0.2, 0.25) is 0 Å². The van der Waals surface area contributed by atoms with Crippen LogP contribution >= 0.6 is 0 Å². The fraction of sp³-hybridized carbons (Fsp3) is 0.462. The molecule has 1 aromatic rings. The zero-order chi connectivity index (χ0) is 14.0. The van der Waals surface area contributed by atoms with E-state index >= 15 is 0 Å². The van der Waals surface area contributed by atoms with Gasteiger partial charge in [0.15, 0.2) is 6.29 Å². The van der Waals surface area contributed by atoms with E-state index in [1.165, 1.54) is 19.6 Å². The van der Waals surface area contributed by atoms with Gasteiger partial charge < -0.3 is 14.9 Å². The molecule has 0 spiro atoms. The van der Waals surface area contributed by atoms with E-state index in [1.54, 1.807) is 33.8 Å². The maximum atomic E-state index is 10.7. The summed E-state index contributed by atoms with van der Waals surface area (Å²) in [6.07, 6.45) is 0.577. The maximum Gasteiger partial charge on any atom is 0.330 e. The van der Waals surface area contributed by atoms with Crippen LogP contribution in [0, 0.1) is 0 Å². The average Bonchev–Trinajstić information content (AvgIpc) is 2.26. The Morgan fingerprint density at radius 1 is 1.28 bits per heavy atom. The smallest absolute Gasteiger partial charge is 0.330 e. The van der Waals surface area contributed by atoms with Gasteiger partial charge in [-0.15, -0.1) is 0 Å². The molecule has 18 heavy (non-hydrogen) atoms. The predicted molar refractivity (Wildman–Crippen MR) is 70.3 cm³/mol. The number of aromatic hydroxyl groups is 1. The number of carbonyl (C=O) groups is 1. The lowest BCUT2D eigenvalue weighted by molar-refractivity contribution is -0.0893. The van der Waals surface area contributed by atoms with Crippen molar-refractivity contribution in [2.24, 2.45) is 0 Å². The van der Waals surface area contributed by atoms with Crippen LogP contribution in [0.15, 0.2) is 18.2 Å². The van der Waals surface area contributed by atoms with Gasteiger partial charge in [-0.25, -0.2) is 0 Å². The summed E-state index contributed by atoms with van der Waals surface area (Å²) in [7, 11) is 1.46. The molecule has 0 saturated carbocycles. The van der Waals surface area contributed by atoms with Gasteiger partial charge in [0, 0.05) is 0 Å². The standard InChI is InChI=1S/C13H18BO4/c1-12(2,17)13(3,4)18-14-10-5-6-11(16)9(7-10)8-15/h5-8,16-17H,1-4H3. The van der Waals surface area contributed by atoms with Crippen LogP contribution in [0.2, 0.25) is 0 Å². The molecular weight excluding hydrogens is 231 g/mol. The molecule has 4 nitrogen and oxygen atoms in total. The molecule has 0 bridgehead atoms. The normalized spacial score (nSPS) is 12.3. The molecule has 1 aromatic carbocycles. The highest BCUT2D eigenvalue weighted by molar-refractivity contribution is 6.47. The quantitative estimate of drug-likeness (QED) is 0.603. The fourth-order valence-electron chi connectivity index (χ4n) is 1.10. The third kappa shape index (κ3) is 3.34. The summed E-state index contributed by atoms with van der Waals surface area (Å²) in [5.74, 6) is -0.0658. The highest BCUT2D eigenvalue weighted by Crippen LogP contribution is 2.24. The Bertz CT molecular complexity index is 435. The van der Waals surface area contributed by atoms with Gasteiger partial charge in [-0.2, -0.15) is 0 Å². The molecule has 0 fully saturated rings. The SMILES string of the molecule is CC(C)(O)C(C)(C)O[B]c1ccc(O)c(C=O)c1. The summed E-state index contributed by atoms with van der Waals surface area (Å²) < 4.78 is 5.55. The summed E-state index contributed by atoms with van der Waals surface area (Å²) >= 11 is 0. The van der Waals surface area contributed by atoms with Crippen molar-refractivity contribution in [3.63, 3.8) is 0 Å². The molecule has 0 aromatic heterocycles. The van der Waals surface area contributed by atoms with Crippen LogP contribution in [0.5, 0.6) is 5.75 Å². The maximum absolute atomic E-state index is 10.7. The summed E-state index contributed by atoms with van der Waals surface area (Å²) in [5, 5.41) is 19.3. The van der Waals surface area contributed by atoms with Gasteiger partial charge in [-0.3, -0.25) is 4.79 Å². The Labute approximate surface area is 108 Å². The summed E-state index contributed by atoms with van der Waals surface area (Å²) in [6.45, 7) is 6.86. The number of carbonyl (C=O) groups excluding carboxylic acids is 1. The van der Waals surface area contributed by atoms with E-state index in [0.29, 0.717) is 11.7 Å². The molecule has 1 radical (unpaired) electrons. The van der Waals surface area contributed by atoms with Crippen LogP contribution in [-0.4, -0.2) is 35.2 Å². The third-order valence-electron chi connectivity index (χ3n) is 3.14. The second-order valence-corrected chi connectivity index (χ2v) is 5.24. The molecule has 0 aliphatic rings. The Balaban J connectivity index is 2.78. The third-order valence-corrected chi connectivity index (χ3v) is 3.14. The van der Waals surface area contributed by atoms with Crippen molar-refractivity contribution in [3.05, 3.63) is 23.8 Å². The van der Waals surface area contributed by atoms with Crippen molar-refractivity contribution in [2.75, 3.05) is 0 Å². The number of benzene rings is 1. The minimum absolute atomic E-state index is 0.0658. The largest absolute Gasteiger partial charge is 0.507 e. The van der Waals surface area contributed by atoms with E-state index in [1.807, 2.05) is 0 Å². The molecule has 0 unspecified atom stereocenters. The number of aliphatic hydroxyl groups is 1. The Kier molecular flexibility index (Phi) is 4.19. The van der Waals surface area contributed by atoms with Crippen molar-refractivity contribution in [1.29, 1.82) is 0 Å². The average molecular weight is 249 g/mol. The molecule has 0 amide bonds. The minimum atomic E-state index is -1.01. The van der Waals surface area contributed by atoms with Crippen LogP contribution in [0.1, 0.15) is 38.1 Å². The van der Waals surface area contributed by atoms with Crippen LogP contribution < -0.4 is 5.46 Å². The van der Waals surface area contributed by atoms with Crippen molar-refractivity contribution in [3.8, 4) is 5.75 Å². The second kappa shape index (κ2) is 5.12. The Morgan fingerprint density at radius 3 is 2.39 bits per heavy atom. The van der Waals surface area contributed by atoms with E-state index in [4.69, 9.17) is 4.65 Å². The summed E-state index contributed by atoms with van der Waals surface area (Å²) in [4.78, 5) is 10.7. The molecule has 0 saturated heterocycles. The van der Waals surface area contributed by atoms with Gasteiger partial charge >= 0.3 is 7.48 Å². The minimum Gasteiger partial charge on any atom is -0.507 e. The monoisotopic (exact) mass is 249 g/mol. The first-order chi connectivity index (χ1) is 8.17. The van der Waals surface area contributed by atoms with Crippen molar-refractivity contribution >= 4 is 19.2 Å². The number of phenolic OH excluding ortho intramolecular Hbond substituents is 1. The molecule has 0 aliphatic heterocycles. The van der Waals surface area contributed by atoms with Crippen LogP contribution in [-0.2, 0) is 4.65 Å². The molecule has 0 heterocycles. The number of aldehydes is 1. The number of hydrogen-bond donors (Lipinski definition) is 2. The molecular formula is C13H18BO4. The van der Waals surface area contributed by atoms with E-state index in [0.717, 1.165) is 0 Å². The predicted octanol–water partition coefficient (Wildman–Crippen LogP) is 1.02. The van der Waals surface area contributed by atoms with Crippen LogP contribution in [0.4, 0.5) is 0 Å². The molecule has 2 N–H and O–H groups in total. The lowest BCUT2D eigenvalue weighted by Crippen LogP contribution is -2.49. The fourth-order valence-corrected chi connectivity index (χ4v) is 1.10. The van der Waals surface area contributed by atoms with Crippen LogP contribution in [0.3, 0.4) is 0 Å². The number of hydrogen-bond acceptors (Lipinski definition) is 4. The Morgan fingerprint density at radius 2 is 1.89 bits per heavy atom. The second-order valence-electron chi connectivity index (χ2n) is 5.24. The first-order valence-corrected chi connectivity index (χ1v) is 5.69. The van der Waals surface area contributed by atoms with Gasteiger partial charge in [0.05, 0.1) is 16.8 Å². The van der Waals surface area contributed by atoms with Gasteiger partial charge in [0.25, 0.3) is 0 Å². The van der Waals surface area contributed by atoms with Gasteiger partial charge in [-0.1, -0.05) is 17.6 Å². The molecule has 0 atom stereocenters. The summed E-state index contributed by atoms with van der Waals surface area (Å²) in [6, 6.07) is 4.57. The van der Waals surface area contributed by atoms with Crippen molar-refractivity contribution in [2.45, 2.75) is 38.9 Å². The lowest BCUT2D eigenvalue weighted by atomic mass is 9.82. The van der Waals surface area contributed by atoms with E-state index < -0.39 is 11.2 Å². The molecule has 5 heteroatoms. The van der Waals surface area contributed by atoms with Crippen molar-refractivity contribution in [1.82, 2.24) is 0 Å².